The summed E-state index contributed by atoms with van der Waals surface area (Å²) >= 11 is 0. The highest BCUT2D eigenvalue weighted by Crippen LogP contribution is 2.57. The second kappa shape index (κ2) is 22.8. The standard InChI is InChI=1S/2C13H16O2.2C12H16.2CO2/c2*1-3-15-12(14)11-9-13(11,2)10-7-5-4-6-8-10;2*1-3-10-9-12(10,2)11-7-5-4-6-8-11;2*2-1-3/h2*4-8,11H,3,9H2,1-2H3;2*4-8,10H,3,9H2,1-2H3;;/t11-,13+;11-,13-;10-,12+;10-,12-;;/m0000../s1. The van der Waals surface area contributed by atoms with Crippen molar-refractivity contribution < 1.29 is 38.2 Å². The highest BCUT2D eigenvalue weighted by molar-refractivity contribution is 5.79. The Hall–Kier alpha value is -5.42. The van der Waals surface area contributed by atoms with Gasteiger partial charge in [0.1, 0.15) is 0 Å². The summed E-state index contributed by atoms with van der Waals surface area (Å²) in [6.07, 6.45) is 7.74. The Balaban J connectivity index is 0.000000205. The van der Waals surface area contributed by atoms with Crippen molar-refractivity contribution in [2.45, 2.75) is 116 Å². The van der Waals surface area contributed by atoms with Crippen LogP contribution in [0.4, 0.5) is 0 Å². The van der Waals surface area contributed by atoms with Crippen LogP contribution in [0.15, 0.2) is 121 Å². The van der Waals surface area contributed by atoms with Crippen LogP contribution < -0.4 is 0 Å². The van der Waals surface area contributed by atoms with Crippen LogP contribution in [-0.4, -0.2) is 37.5 Å². The molecule has 4 saturated carbocycles. The van der Waals surface area contributed by atoms with Gasteiger partial charge in [-0.25, -0.2) is 0 Å². The topological polar surface area (TPSA) is 121 Å². The zero-order valence-electron chi connectivity index (χ0n) is 36.8. The van der Waals surface area contributed by atoms with Gasteiger partial charge >= 0.3 is 24.2 Å². The van der Waals surface area contributed by atoms with E-state index >= 15 is 0 Å². The molecule has 4 aromatic rings. The molecule has 0 bridgehead atoms. The lowest BCUT2D eigenvalue weighted by Crippen LogP contribution is -2.14. The Morgan fingerprint density at radius 3 is 0.883 bits per heavy atom. The van der Waals surface area contributed by atoms with E-state index in [0.29, 0.717) is 24.0 Å². The molecule has 0 heterocycles. The van der Waals surface area contributed by atoms with Crippen LogP contribution in [0.1, 0.15) is 116 Å². The zero-order chi connectivity index (χ0) is 44.4. The van der Waals surface area contributed by atoms with Crippen LogP contribution in [0.3, 0.4) is 0 Å². The summed E-state index contributed by atoms with van der Waals surface area (Å²) < 4.78 is 10.1. The van der Waals surface area contributed by atoms with E-state index in [0.717, 1.165) is 24.7 Å². The minimum absolute atomic E-state index is 0.00745. The van der Waals surface area contributed by atoms with Crippen molar-refractivity contribution >= 4 is 24.2 Å². The highest BCUT2D eigenvalue weighted by atomic mass is 16.5. The maximum Gasteiger partial charge on any atom is 0.373 e. The minimum Gasteiger partial charge on any atom is -0.466 e. The van der Waals surface area contributed by atoms with Gasteiger partial charge in [0.15, 0.2) is 0 Å². The molecule has 4 aromatic carbocycles. The fourth-order valence-corrected chi connectivity index (χ4v) is 8.62. The lowest BCUT2D eigenvalue weighted by Gasteiger charge is -2.10. The third kappa shape index (κ3) is 12.8. The summed E-state index contributed by atoms with van der Waals surface area (Å²) in [6.45, 7) is 18.2. The van der Waals surface area contributed by atoms with Gasteiger partial charge in [0, 0.05) is 10.8 Å². The molecular formula is C52H64O8. The first-order valence-corrected chi connectivity index (χ1v) is 21.3. The van der Waals surface area contributed by atoms with Crippen molar-refractivity contribution in [2.24, 2.45) is 23.7 Å². The summed E-state index contributed by atoms with van der Waals surface area (Å²) in [5.74, 6) is 1.87. The molecule has 4 fully saturated rings. The minimum atomic E-state index is -0.0520. The second-order valence-corrected chi connectivity index (χ2v) is 16.9. The highest BCUT2D eigenvalue weighted by Gasteiger charge is 2.57. The molecule has 0 aromatic heterocycles. The average molecular weight is 817 g/mol. The molecule has 0 radical (unpaired) electrons. The number of rotatable bonds is 10. The molecule has 0 spiro atoms. The predicted molar refractivity (Wildman–Crippen MR) is 231 cm³/mol. The van der Waals surface area contributed by atoms with Crippen LogP contribution in [-0.2, 0) is 59.9 Å². The smallest absolute Gasteiger partial charge is 0.373 e. The van der Waals surface area contributed by atoms with E-state index in [1.165, 1.54) is 47.9 Å². The molecule has 8 rings (SSSR count). The van der Waals surface area contributed by atoms with E-state index in [-0.39, 0.29) is 46.9 Å². The van der Waals surface area contributed by atoms with Crippen molar-refractivity contribution in [1.29, 1.82) is 0 Å². The number of benzene rings is 4. The van der Waals surface area contributed by atoms with Gasteiger partial charge in [0.25, 0.3) is 0 Å². The number of carbonyl (C=O) groups excluding carboxylic acids is 6. The van der Waals surface area contributed by atoms with E-state index < -0.39 is 0 Å². The van der Waals surface area contributed by atoms with Crippen molar-refractivity contribution in [3.05, 3.63) is 144 Å². The van der Waals surface area contributed by atoms with Crippen molar-refractivity contribution in [3.63, 3.8) is 0 Å². The molecular weight excluding hydrogens is 753 g/mol. The van der Waals surface area contributed by atoms with Crippen LogP contribution in [0.2, 0.25) is 0 Å². The third-order valence-electron chi connectivity index (χ3n) is 13.2. The summed E-state index contributed by atoms with van der Waals surface area (Å²) in [7, 11) is 0. The van der Waals surface area contributed by atoms with Gasteiger partial charge in [0.05, 0.1) is 25.0 Å². The molecule has 0 aliphatic heterocycles. The molecule has 4 aliphatic carbocycles. The van der Waals surface area contributed by atoms with Crippen LogP contribution in [0.25, 0.3) is 0 Å². The molecule has 60 heavy (non-hydrogen) atoms. The summed E-state index contributed by atoms with van der Waals surface area (Å²) in [5.41, 5.74) is 6.56. The van der Waals surface area contributed by atoms with Crippen LogP contribution in [0, 0.1) is 23.7 Å². The predicted octanol–water partition coefficient (Wildman–Crippen LogP) is 10.6. The number of ether oxygens (including phenoxy) is 2. The Kier molecular flexibility index (Phi) is 18.6. The lowest BCUT2D eigenvalue weighted by molar-refractivity contribution is -0.193. The summed E-state index contributed by atoms with van der Waals surface area (Å²) in [6, 6.07) is 42.2. The van der Waals surface area contributed by atoms with Crippen molar-refractivity contribution in [2.75, 3.05) is 13.2 Å². The van der Waals surface area contributed by atoms with Gasteiger partial charge in [-0.15, -0.1) is 0 Å². The third-order valence-corrected chi connectivity index (χ3v) is 13.2. The molecule has 320 valence electrons. The van der Waals surface area contributed by atoms with Crippen LogP contribution in [0.5, 0.6) is 0 Å². The first-order chi connectivity index (χ1) is 28.7. The van der Waals surface area contributed by atoms with Gasteiger partial charge < -0.3 is 9.47 Å². The zero-order valence-corrected chi connectivity index (χ0v) is 36.8. The average Bonchev–Trinajstić information content (AvgIpc) is 4.19. The van der Waals surface area contributed by atoms with E-state index in [1.807, 2.05) is 50.2 Å². The van der Waals surface area contributed by atoms with Gasteiger partial charge in [-0.2, -0.15) is 19.2 Å². The first kappa shape index (κ1) is 48.9. The molecule has 0 unspecified atom stereocenters. The molecule has 0 amide bonds. The Labute approximate surface area is 357 Å². The molecule has 4 aliphatic rings. The van der Waals surface area contributed by atoms with E-state index in [9.17, 15) is 9.59 Å². The van der Waals surface area contributed by atoms with Gasteiger partial charge in [-0.05, 0) is 84.5 Å². The molecule has 8 heteroatoms. The first-order valence-electron chi connectivity index (χ1n) is 21.3. The Morgan fingerprint density at radius 2 is 0.683 bits per heavy atom. The summed E-state index contributed by atoms with van der Waals surface area (Å²) in [5, 5.41) is 0. The molecule has 8 nitrogen and oxygen atoms in total. The van der Waals surface area contributed by atoms with Crippen molar-refractivity contribution in [3.8, 4) is 0 Å². The normalized spacial score (nSPS) is 27.9. The monoisotopic (exact) mass is 816 g/mol. The fourth-order valence-electron chi connectivity index (χ4n) is 8.62. The number of hydrogen-bond donors (Lipinski definition) is 0. The number of carbonyl (C=O) groups is 2. The van der Waals surface area contributed by atoms with E-state index in [1.54, 1.807) is 0 Å². The second-order valence-electron chi connectivity index (χ2n) is 16.9. The van der Waals surface area contributed by atoms with Crippen LogP contribution >= 0.6 is 0 Å². The van der Waals surface area contributed by atoms with E-state index in [4.69, 9.17) is 28.7 Å². The maximum atomic E-state index is 11.6. The Morgan fingerprint density at radius 1 is 0.450 bits per heavy atom. The number of hydrogen-bond acceptors (Lipinski definition) is 8. The van der Waals surface area contributed by atoms with Crippen molar-refractivity contribution in [1.82, 2.24) is 0 Å². The lowest BCUT2D eigenvalue weighted by atomic mass is 9.95. The SMILES string of the molecule is CCOC(=O)[C@@H]1C[C@@]1(C)c1ccccc1.CCOC(=O)[C@@H]1C[C@]1(C)c1ccccc1.CC[C@H]1C[C@@]1(C)c1ccccc1.CC[C@H]1C[C@]1(C)c1ccccc1.O=C=O.O=C=O. The largest absolute Gasteiger partial charge is 0.466 e. The van der Waals surface area contributed by atoms with Gasteiger partial charge in [0.2, 0.25) is 0 Å². The quantitative estimate of drug-likeness (QED) is 0.145. The maximum absolute atomic E-state index is 11.6. The van der Waals surface area contributed by atoms with Gasteiger partial charge in [-0.1, -0.05) is 176 Å². The fraction of sp³-hybridized carbons (Fsp3) is 0.462. The number of esters is 2. The van der Waals surface area contributed by atoms with E-state index in [2.05, 4.69) is 126 Å². The molecule has 0 N–H and O–H groups in total. The van der Waals surface area contributed by atoms with Gasteiger partial charge in [-0.3, -0.25) is 9.59 Å². The molecule has 8 atom stereocenters. The summed E-state index contributed by atoms with van der Waals surface area (Å²) in [4.78, 5) is 55.6. The molecule has 0 saturated heterocycles. The Bertz CT molecular complexity index is 1830.